The molecule has 1 rings (SSSR count). The van der Waals surface area contributed by atoms with Crippen molar-refractivity contribution in [2.75, 3.05) is 14.2 Å². The van der Waals surface area contributed by atoms with Crippen molar-refractivity contribution in [1.29, 1.82) is 0 Å². The van der Waals surface area contributed by atoms with Crippen LogP contribution >= 0.6 is 0 Å². The van der Waals surface area contributed by atoms with Crippen LogP contribution in [0.5, 0.6) is 5.75 Å². The third kappa shape index (κ3) is 3.96. The predicted octanol–water partition coefficient (Wildman–Crippen LogP) is 2.42. The van der Waals surface area contributed by atoms with Crippen molar-refractivity contribution in [3.8, 4) is 5.75 Å². The number of likely N-dealkylation sites (N-methyl/N-ethyl adjacent to an activating group) is 1. The van der Waals surface area contributed by atoms with E-state index in [1.165, 1.54) is 0 Å². The van der Waals surface area contributed by atoms with Crippen LogP contribution in [0.25, 0.3) is 0 Å². The topological polar surface area (TPSA) is 49.8 Å². The van der Waals surface area contributed by atoms with Crippen LogP contribution in [0.4, 0.5) is 0 Å². The normalized spacial score (nSPS) is 14.2. The quantitative estimate of drug-likeness (QED) is 0.822. The Morgan fingerprint density at radius 3 is 2.58 bits per heavy atom. The molecule has 0 heterocycles. The number of rotatable bonds is 7. The molecule has 0 aromatic heterocycles. The fraction of sp³-hybridized carbons (Fsp3) is 0.533. The summed E-state index contributed by atoms with van der Waals surface area (Å²) in [4.78, 5) is 13.1. The highest BCUT2D eigenvalue weighted by Crippen LogP contribution is 2.21. The average molecular weight is 265 g/mol. The van der Waals surface area contributed by atoms with Gasteiger partial charge < -0.3 is 9.84 Å². The minimum absolute atomic E-state index is 0.136. The van der Waals surface area contributed by atoms with Gasteiger partial charge in [0, 0.05) is 6.04 Å². The molecule has 0 aliphatic rings. The number of hydrogen-bond donors (Lipinski definition) is 1. The Kier molecular flexibility index (Phi) is 5.83. The molecule has 4 heteroatoms. The first kappa shape index (κ1) is 15.5. The number of carboxylic acid groups (broad SMARTS) is 1. The van der Waals surface area contributed by atoms with Crippen LogP contribution < -0.4 is 4.74 Å². The van der Waals surface area contributed by atoms with Gasteiger partial charge in [0.2, 0.25) is 0 Å². The minimum atomic E-state index is -0.767. The molecule has 0 amide bonds. The van der Waals surface area contributed by atoms with Crippen LogP contribution in [0.15, 0.2) is 24.3 Å². The summed E-state index contributed by atoms with van der Waals surface area (Å²) in [6.07, 6.45) is 1.37. The van der Waals surface area contributed by atoms with Gasteiger partial charge in [-0.1, -0.05) is 25.1 Å². The lowest BCUT2D eigenvalue weighted by Crippen LogP contribution is -2.44. The van der Waals surface area contributed by atoms with Gasteiger partial charge in [-0.25, -0.2) is 0 Å². The third-order valence-electron chi connectivity index (χ3n) is 3.57. The lowest BCUT2D eigenvalue weighted by atomic mass is 10.0. The monoisotopic (exact) mass is 265 g/mol. The fourth-order valence-electron chi connectivity index (χ4n) is 2.28. The first-order valence-corrected chi connectivity index (χ1v) is 6.57. The molecular formula is C15H23NO3. The number of ether oxygens (including phenoxy) is 1. The molecule has 0 spiro atoms. The maximum atomic E-state index is 11.2. The van der Waals surface area contributed by atoms with Crippen molar-refractivity contribution >= 4 is 5.97 Å². The van der Waals surface area contributed by atoms with Crippen molar-refractivity contribution in [3.63, 3.8) is 0 Å². The Morgan fingerprint density at radius 1 is 1.42 bits per heavy atom. The Balaban J connectivity index is 2.78. The fourth-order valence-corrected chi connectivity index (χ4v) is 2.28. The number of methoxy groups -OCH3 is 1. The number of hydrogen-bond acceptors (Lipinski definition) is 3. The van der Waals surface area contributed by atoms with E-state index >= 15 is 0 Å². The van der Waals surface area contributed by atoms with Crippen molar-refractivity contribution < 1.29 is 14.6 Å². The molecule has 2 atom stereocenters. The summed E-state index contributed by atoms with van der Waals surface area (Å²) in [5.74, 6) is 0.0861. The second-order valence-corrected chi connectivity index (χ2v) is 4.79. The van der Waals surface area contributed by atoms with E-state index in [2.05, 4.69) is 0 Å². The molecule has 0 radical (unpaired) electrons. The smallest absolute Gasteiger partial charge is 0.320 e. The summed E-state index contributed by atoms with van der Waals surface area (Å²) >= 11 is 0. The number of nitrogens with zero attached hydrogens (tertiary/aromatic N) is 1. The first-order chi connectivity index (χ1) is 9.01. The number of aliphatic carboxylic acids is 1. The largest absolute Gasteiger partial charge is 0.496 e. The summed E-state index contributed by atoms with van der Waals surface area (Å²) in [5, 5.41) is 9.19. The molecular weight excluding hydrogens is 242 g/mol. The molecule has 1 N–H and O–H groups in total. The second kappa shape index (κ2) is 7.14. The molecule has 0 saturated heterocycles. The van der Waals surface area contributed by atoms with E-state index in [-0.39, 0.29) is 6.04 Å². The van der Waals surface area contributed by atoms with Gasteiger partial charge >= 0.3 is 5.97 Å². The van der Waals surface area contributed by atoms with Gasteiger partial charge in [0.25, 0.3) is 0 Å². The lowest BCUT2D eigenvalue weighted by Gasteiger charge is -2.30. The zero-order chi connectivity index (χ0) is 14.4. The van der Waals surface area contributed by atoms with Crippen LogP contribution in [-0.2, 0) is 11.2 Å². The third-order valence-corrected chi connectivity index (χ3v) is 3.57. The number of carboxylic acids is 1. The Hall–Kier alpha value is -1.55. The van der Waals surface area contributed by atoms with Gasteiger partial charge in [-0.15, -0.1) is 0 Å². The van der Waals surface area contributed by atoms with Crippen LogP contribution in [0, 0.1) is 0 Å². The summed E-state index contributed by atoms with van der Waals surface area (Å²) < 4.78 is 5.33. The van der Waals surface area contributed by atoms with Crippen LogP contribution in [0.2, 0.25) is 0 Å². The maximum Gasteiger partial charge on any atom is 0.320 e. The van der Waals surface area contributed by atoms with E-state index in [9.17, 15) is 9.90 Å². The Morgan fingerprint density at radius 2 is 2.05 bits per heavy atom. The standard InChI is InChI=1S/C15H23NO3/c1-5-13(15(17)18)16(3)11(2)10-12-8-6-7-9-14(12)19-4/h6-9,11,13H,5,10H2,1-4H3,(H,17,18). The molecule has 19 heavy (non-hydrogen) atoms. The van der Waals surface area contributed by atoms with E-state index in [0.29, 0.717) is 6.42 Å². The Labute approximate surface area is 115 Å². The average Bonchev–Trinajstić information content (AvgIpc) is 2.39. The van der Waals surface area contributed by atoms with Gasteiger partial charge in [-0.2, -0.15) is 0 Å². The molecule has 0 aliphatic heterocycles. The van der Waals surface area contributed by atoms with E-state index < -0.39 is 12.0 Å². The predicted molar refractivity (Wildman–Crippen MR) is 75.6 cm³/mol. The minimum Gasteiger partial charge on any atom is -0.496 e. The molecule has 1 aromatic rings. The van der Waals surface area contributed by atoms with Crippen molar-refractivity contribution in [2.24, 2.45) is 0 Å². The van der Waals surface area contributed by atoms with E-state index in [1.54, 1.807) is 7.11 Å². The molecule has 0 bridgehead atoms. The maximum absolute atomic E-state index is 11.2. The van der Waals surface area contributed by atoms with Gasteiger partial charge in [0.05, 0.1) is 7.11 Å². The summed E-state index contributed by atoms with van der Waals surface area (Å²) in [5.41, 5.74) is 1.10. The summed E-state index contributed by atoms with van der Waals surface area (Å²) in [6, 6.07) is 7.55. The van der Waals surface area contributed by atoms with Crippen molar-refractivity contribution in [1.82, 2.24) is 4.90 Å². The Bertz CT molecular complexity index is 420. The first-order valence-electron chi connectivity index (χ1n) is 6.57. The number of para-hydroxylation sites is 1. The van der Waals surface area contributed by atoms with Gasteiger partial charge in [0.1, 0.15) is 11.8 Å². The number of carbonyl (C=O) groups is 1. The molecule has 0 saturated carbocycles. The molecule has 106 valence electrons. The molecule has 4 nitrogen and oxygen atoms in total. The zero-order valence-corrected chi connectivity index (χ0v) is 12.1. The molecule has 0 fully saturated rings. The van der Waals surface area contributed by atoms with Crippen LogP contribution in [0.1, 0.15) is 25.8 Å². The highest BCUT2D eigenvalue weighted by Gasteiger charge is 2.24. The van der Waals surface area contributed by atoms with Crippen LogP contribution in [0.3, 0.4) is 0 Å². The highest BCUT2D eigenvalue weighted by atomic mass is 16.5. The lowest BCUT2D eigenvalue weighted by molar-refractivity contribution is -0.143. The zero-order valence-electron chi connectivity index (χ0n) is 12.1. The van der Waals surface area contributed by atoms with Crippen LogP contribution in [-0.4, -0.2) is 42.2 Å². The summed E-state index contributed by atoms with van der Waals surface area (Å²) in [6.45, 7) is 3.93. The molecule has 0 aliphatic carbocycles. The second-order valence-electron chi connectivity index (χ2n) is 4.79. The highest BCUT2D eigenvalue weighted by molar-refractivity contribution is 5.73. The van der Waals surface area contributed by atoms with E-state index in [4.69, 9.17) is 4.74 Å². The van der Waals surface area contributed by atoms with Crippen molar-refractivity contribution in [2.45, 2.75) is 38.8 Å². The molecule has 1 aromatic carbocycles. The van der Waals surface area contributed by atoms with Gasteiger partial charge in [0.15, 0.2) is 0 Å². The summed E-state index contributed by atoms with van der Waals surface area (Å²) in [7, 11) is 3.52. The molecule has 2 unspecified atom stereocenters. The van der Waals surface area contributed by atoms with E-state index in [1.807, 2.05) is 50.1 Å². The van der Waals surface area contributed by atoms with Gasteiger partial charge in [-0.05, 0) is 38.4 Å². The number of benzene rings is 1. The van der Waals surface area contributed by atoms with Crippen molar-refractivity contribution in [3.05, 3.63) is 29.8 Å². The van der Waals surface area contributed by atoms with E-state index in [0.717, 1.165) is 17.7 Å². The van der Waals surface area contributed by atoms with Gasteiger partial charge in [-0.3, -0.25) is 9.69 Å². The SMILES string of the molecule is CCC(C(=O)O)N(C)C(C)Cc1ccccc1OC.